The molecule has 0 bridgehead atoms. The topological polar surface area (TPSA) is 81.5 Å². The Balaban J connectivity index is 1.79. The van der Waals surface area contributed by atoms with E-state index in [1.807, 2.05) is 48.5 Å². The van der Waals surface area contributed by atoms with Gasteiger partial charge in [0.1, 0.15) is 0 Å². The SMILES string of the molecule is Cc1ccc(O[C@@H](C)C(=O)Nc2ccccc2-c2ccccc2)c([N+](=O)[O-])c1. The lowest BCUT2D eigenvalue weighted by Gasteiger charge is -2.17. The third-order valence-corrected chi connectivity index (χ3v) is 4.25. The van der Waals surface area contributed by atoms with Crippen molar-refractivity contribution in [3.8, 4) is 16.9 Å². The normalized spacial score (nSPS) is 11.5. The molecule has 1 atom stereocenters. The predicted molar refractivity (Wildman–Crippen MR) is 108 cm³/mol. The number of nitrogens with one attached hydrogen (secondary N) is 1. The van der Waals surface area contributed by atoms with Crippen LogP contribution in [0, 0.1) is 17.0 Å². The molecule has 6 nitrogen and oxygen atoms in total. The fraction of sp³-hybridized carbons (Fsp3) is 0.136. The standard InChI is InChI=1S/C22H20N2O4/c1-15-12-13-21(20(14-15)24(26)27)28-16(2)22(25)23-19-11-7-6-10-18(19)17-8-4-3-5-9-17/h3-14,16H,1-2H3,(H,23,25)/t16-/m0/s1. The van der Waals surface area contributed by atoms with Crippen molar-refractivity contribution < 1.29 is 14.5 Å². The lowest BCUT2D eigenvalue weighted by atomic mass is 10.0. The van der Waals surface area contributed by atoms with Crippen LogP contribution >= 0.6 is 0 Å². The number of hydrogen-bond acceptors (Lipinski definition) is 4. The smallest absolute Gasteiger partial charge is 0.311 e. The van der Waals surface area contributed by atoms with E-state index in [9.17, 15) is 14.9 Å². The number of nitrogens with zero attached hydrogens (tertiary/aromatic N) is 1. The zero-order valence-corrected chi connectivity index (χ0v) is 15.6. The van der Waals surface area contributed by atoms with Crippen LogP contribution in [-0.4, -0.2) is 16.9 Å². The second kappa shape index (κ2) is 8.35. The van der Waals surface area contributed by atoms with E-state index < -0.39 is 16.9 Å². The summed E-state index contributed by atoms with van der Waals surface area (Å²) in [7, 11) is 0. The van der Waals surface area contributed by atoms with Crippen molar-refractivity contribution in [2.45, 2.75) is 20.0 Å². The molecule has 1 N–H and O–H groups in total. The summed E-state index contributed by atoms with van der Waals surface area (Å²) in [5.41, 5.74) is 3.08. The Hall–Kier alpha value is -3.67. The van der Waals surface area contributed by atoms with Crippen molar-refractivity contribution in [3.05, 3.63) is 88.5 Å². The molecule has 0 fully saturated rings. The molecule has 0 saturated heterocycles. The number of benzene rings is 3. The van der Waals surface area contributed by atoms with Crippen molar-refractivity contribution in [2.24, 2.45) is 0 Å². The number of carbonyl (C=O) groups is 1. The summed E-state index contributed by atoms with van der Waals surface area (Å²) >= 11 is 0. The summed E-state index contributed by atoms with van der Waals surface area (Å²) in [6, 6.07) is 21.8. The molecule has 6 heteroatoms. The molecule has 0 saturated carbocycles. The molecule has 0 aliphatic carbocycles. The molecular formula is C22H20N2O4. The van der Waals surface area contributed by atoms with Crippen molar-refractivity contribution in [3.63, 3.8) is 0 Å². The van der Waals surface area contributed by atoms with E-state index in [-0.39, 0.29) is 11.4 Å². The minimum atomic E-state index is -0.912. The van der Waals surface area contributed by atoms with E-state index in [0.29, 0.717) is 5.69 Å². The van der Waals surface area contributed by atoms with Crippen molar-refractivity contribution in [2.75, 3.05) is 5.32 Å². The lowest BCUT2D eigenvalue weighted by molar-refractivity contribution is -0.386. The molecule has 142 valence electrons. The quantitative estimate of drug-likeness (QED) is 0.486. The van der Waals surface area contributed by atoms with Gasteiger partial charge < -0.3 is 10.1 Å². The second-order valence-electron chi connectivity index (χ2n) is 6.39. The first-order chi connectivity index (χ1) is 13.5. The minimum absolute atomic E-state index is 0.0644. The molecule has 3 rings (SSSR count). The van der Waals surface area contributed by atoms with Gasteiger partial charge in [-0.3, -0.25) is 14.9 Å². The Kier molecular flexibility index (Phi) is 5.69. The molecule has 1 amide bonds. The van der Waals surface area contributed by atoms with Gasteiger partial charge in [-0.2, -0.15) is 0 Å². The van der Waals surface area contributed by atoms with E-state index in [4.69, 9.17) is 4.74 Å². The molecule has 0 aromatic heterocycles. The number of hydrogen-bond donors (Lipinski definition) is 1. The van der Waals surface area contributed by atoms with E-state index in [2.05, 4.69) is 5.32 Å². The van der Waals surface area contributed by atoms with E-state index >= 15 is 0 Å². The highest BCUT2D eigenvalue weighted by molar-refractivity contribution is 5.98. The first kappa shape index (κ1) is 19.1. The van der Waals surface area contributed by atoms with E-state index in [0.717, 1.165) is 16.7 Å². The average molecular weight is 376 g/mol. The Morgan fingerprint density at radius 1 is 1.04 bits per heavy atom. The van der Waals surface area contributed by atoms with Crippen molar-refractivity contribution in [1.29, 1.82) is 0 Å². The van der Waals surface area contributed by atoms with Crippen LogP contribution < -0.4 is 10.1 Å². The summed E-state index contributed by atoms with van der Waals surface area (Å²) in [6.07, 6.45) is -0.912. The lowest BCUT2D eigenvalue weighted by Crippen LogP contribution is -2.30. The Morgan fingerprint density at radius 3 is 2.43 bits per heavy atom. The highest BCUT2D eigenvalue weighted by atomic mass is 16.6. The molecule has 0 aliphatic rings. The first-order valence-electron chi connectivity index (χ1n) is 8.82. The van der Waals surface area contributed by atoms with Gasteiger partial charge in [-0.15, -0.1) is 0 Å². The number of aryl methyl sites for hydroxylation is 1. The molecule has 28 heavy (non-hydrogen) atoms. The molecule has 0 aliphatic heterocycles. The Labute approximate surface area is 162 Å². The van der Waals surface area contributed by atoms with Crippen LogP contribution in [0.25, 0.3) is 11.1 Å². The van der Waals surface area contributed by atoms with Crippen LogP contribution in [0.15, 0.2) is 72.8 Å². The predicted octanol–water partition coefficient (Wildman–Crippen LogP) is 4.98. The third-order valence-electron chi connectivity index (χ3n) is 4.25. The zero-order chi connectivity index (χ0) is 20.1. The molecular weight excluding hydrogens is 356 g/mol. The maximum atomic E-state index is 12.6. The van der Waals surface area contributed by atoms with Gasteiger partial charge in [-0.05, 0) is 37.1 Å². The number of para-hydroxylation sites is 1. The van der Waals surface area contributed by atoms with Gasteiger partial charge in [0, 0.05) is 17.3 Å². The summed E-state index contributed by atoms with van der Waals surface area (Å²) < 4.78 is 5.59. The maximum absolute atomic E-state index is 12.6. The number of rotatable bonds is 6. The number of nitro benzene ring substituents is 1. The second-order valence-corrected chi connectivity index (χ2v) is 6.39. The van der Waals surface area contributed by atoms with Gasteiger partial charge in [0.05, 0.1) is 4.92 Å². The molecule has 0 radical (unpaired) electrons. The first-order valence-corrected chi connectivity index (χ1v) is 8.82. The van der Waals surface area contributed by atoms with E-state index in [1.54, 1.807) is 26.0 Å². The number of anilines is 1. The number of nitro groups is 1. The van der Waals surface area contributed by atoms with Crippen LogP contribution in [0.1, 0.15) is 12.5 Å². The summed E-state index contributed by atoms with van der Waals surface area (Å²) in [5, 5.41) is 14.1. The van der Waals surface area contributed by atoms with Crippen LogP contribution in [0.2, 0.25) is 0 Å². The fourth-order valence-electron chi connectivity index (χ4n) is 2.81. The van der Waals surface area contributed by atoms with Gasteiger partial charge in [0.2, 0.25) is 0 Å². The van der Waals surface area contributed by atoms with Crippen LogP contribution in [0.5, 0.6) is 5.75 Å². The molecule has 0 heterocycles. The van der Waals surface area contributed by atoms with Gasteiger partial charge in [0.15, 0.2) is 11.9 Å². The molecule has 0 spiro atoms. The monoisotopic (exact) mass is 376 g/mol. The number of carbonyl (C=O) groups excluding carboxylic acids is 1. The van der Waals surface area contributed by atoms with Gasteiger partial charge >= 0.3 is 5.69 Å². The molecule has 3 aromatic carbocycles. The Morgan fingerprint density at radius 2 is 1.71 bits per heavy atom. The molecule has 0 unspecified atom stereocenters. The minimum Gasteiger partial charge on any atom is -0.474 e. The summed E-state index contributed by atoms with van der Waals surface area (Å²) in [5.74, 6) is -0.326. The Bertz CT molecular complexity index is 1000. The maximum Gasteiger partial charge on any atom is 0.311 e. The van der Waals surface area contributed by atoms with E-state index in [1.165, 1.54) is 12.1 Å². The summed E-state index contributed by atoms with van der Waals surface area (Å²) in [4.78, 5) is 23.4. The van der Waals surface area contributed by atoms with Crippen molar-refractivity contribution in [1.82, 2.24) is 0 Å². The van der Waals surface area contributed by atoms with Crippen LogP contribution in [0.4, 0.5) is 11.4 Å². The number of ether oxygens (including phenoxy) is 1. The summed E-state index contributed by atoms with van der Waals surface area (Å²) in [6.45, 7) is 3.32. The van der Waals surface area contributed by atoms with Crippen LogP contribution in [0.3, 0.4) is 0 Å². The highest BCUT2D eigenvalue weighted by Crippen LogP contribution is 2.30. The van der Waals surface area contributed by atoms with Gasteiger partial charge in [-0.25, -0.2) is 0 Å². The van der Waals surface area contributed by atoms with Crippen LogP contribution in [-0.2, 0) is 4.79 Å². The fourth-order valence-corrected chi connectivity index (χ4v) is 2.81. The average Bonchev–Trinajstić information content (AvgIpc) is 2.70. The largest absolute Gasteiger partial charge is 0.474 e. The number of amides is 1. The highest BCUT2D eigenvalue weighted by Gasteiger charge is 2.22. The molecule has 3 aromatic rings. The van der Waals surface area contributed by atoms with Gasteiger partial charge in [0.25, 0.3) is 5.91 Å². The zero-order valence-electron chi connectivity index (χ0n) is 15.6. The van der Waals surface area contributed by atoms with Crippen molar-refractivity contribution >= 4 is 17.3 Å². The van der Waals surface area contributed by atoms with Gasteiger partial charge in [-0.1, -0.05) is 54.6 Å². The third kappa shape index (κ3) is 4.35.